The third-order valence-electron chi connectivity index (χ3n) is 5.06. The molecule has 3 rings (SSSR count). The average molecular weight is 313 g/mol. The van der Waals surface area contributed by atoms with E-state index in [0.717, 1.165) is 25.6 Å². The summed E-state index contributed by atoms with van der Waals surface area (Å²) in [7, 11) is 2.11. The van der Waals surface area contributed by atoms with Crippen LogP contribution in [-0.2, 0) is 7.05 Å². The number of nitrogens with zero attached hydrogens (tertiary/aromatic N) is 3. The molecule has 2 fully saturated rings. The largest absolute Gasteiger partial charge is 0.337 e. The number of halogens is 1. The molecule has 1 N–H and O–H groups in total. The van der Waals surface area contributed by atoms with Crippen molar-refractivity contribution in [2.24, 2.45) is 13.0 Å². The van der Waals surface area contributed by atoms with E-state index in [0.29, 0.717) is 6.04 Å². The predicted octanol–water partition coefficient (Wildman–Crippen LogP) is 2.76. The Kier molecular flexibility index (Phi) is 6.52. The molecule has 5 heteroatoms. The van der Waals surface area contributed by atoms with Crippen molar-refractivity contribution < 1.29 is 0 Å². The van der Waals surface area contributed by atoms with Gasteiger partial charge in [0.25, 0.3) is 0 Å². The Balaban J connectivity index is 0.00000161. The molecule has 1 aliphatic heterocycles. The highest BCUT2D eigenvalue weighted by molar-refractivity contribution is 5.85. The van der Waals surface area contributed by atoms with Gasteiger partial charge >= 0.3 is 0 Å². The molecule has 0 bridgehead atoms. The minimum absolute atomic E-state index is 0. The Labute approximate surface area is 134 Å². The summed E-state index contributed by atoms with van der Waals surface area (Å²) in [5, 5.41) is 3.52. The van der Waals surface area contributed by atoms with E-state index < -0.39 is 0 Å². The smallest absolute Gasteiger partial charge is 0.127 e. The van der Waals surface area contributed by atoms with Gasteiger partial charge in [0, 0.05) is 39.1 Å². The summed E-state index contributed by atoms with van der Waals surface area (Å²) in [6.07, 6.45) is 12.6. The maximum atomic E-state index is 4.57. The minimum Gasteiger partial charge on any atom is -0.337 e. The van der Waals surface area contributed by atoms with Crippen molar-refractivity contribution in [2.75, 3.05) is 26.2 Å². The summed E-state index contributed by atoms with van der Waals surface area (Å²) in [5.41, 5.74) is 0. The highest BCUT2D eigenvalue weighted by Gasteiger charge is 2.27. The van der Waals surface area contributed by atoms with Crippen LogP contribution in [0, 0.1) is 5.92 Å². The Morgan fingerprint density at radius 2 is 2.10 bits per heavy atom. The predicted molar refractivity (Wildman–Crippen MR) is 88.8 cm³/mol. The van der Waals surface area contributed by atoms with Gasteiger partial charge in [-0.25, -0.2) is 4.98 Å². The lowest BCUT2D eigenvalue weighted by atomic mass is 9.87. The second-order valence-corrected chi connectivity index (χ2v) is 6.44. The van der Waals surface area contributed by atoms with Crippen molar-refractivity contribution in [3.05, 3.63) is 18.2 Å². The molecular formula is C16H29ClN4. The van der Waals surface area contributed by atoms with Crippen LogP contribution < -0.4 is 5.32 Å². The molecule has 0 radical (unpaired) electrons. The second kappa shape index (κ2) is 8.16. The first kappa shape index (κ1) is 16.8. The van der Waals surface area contributed by atoms with Crippen molar-refractivity contribution in [3.8, 4) is 0 Å². The van der Waals surface area contributed by atoms with Gasteiger partial charge in [0.2, 0.25) is 0 Å². The topological polar surface area (TPSA) is 33.1 Å². The van der Waals surface area contributed by atoms with Crippen LogP contribution in [0.25, 0.3) is 0 Å². The van der Waals surface area contributed by atoms with Crippen LogP contribution in [0.1, 0.15) is 50.4 Å². The summed E-state index contributed by atoms with van der Waals surface area (Å²) in [5.74, 6) is 2.18. The molecule has 0 amide bonds. The number of rotatable bonds is 4. The molecule has 1 saturated heterocycles. The Hall–Kier alpha value is -0.580. The summed E-state index contributed by atoms with van der Waals surface area (Å²) in [6.45, 7) is 4.55. The summed E-state index contributed by atoms with van der Waals surface area (Å²) >= 11 is 0. The molecule has 1 unspecified atom stereocenters. The number of hydrogen-bond acceptors (Lipinski definition) is 3. The molecule has 2 heterocycles. The molecule has 0 aromatic carbocycles. The van der Waals surface area contributed by atoms with Gasteiger partial charge in [-0.3, -0.25) is 4.90 Å². The van der Waals surface area contributed by atoms with E-state index in [-0.39, 0.29) is 12.4 Å². The van der Waals surface area contributed by atoms with Gasteiger partial charge in [-0.2, -0.15) is 0 Å². The first-order valence-electron chi connectivity index (χ1n) is 8.26. The summed E-state index contributed by atoms with van der Waals surface area (Å²) in [4.78, 5) is 7.21. The fraction of sp³-hybridized carbons (Fsp3) is 0.812. The standard InChI is InChI=1S/C16H28N4.ClH/c1-19-11-9-18-16(19)15-13-17-8-12-20(15)10-7-14-5-3-2-4-6-14;/h9,11,14-15,17H,2-8,10,12-13H2,1H3;1H. The van der Waals surface area contributed by atoms with Gasteiger partial charge in [-0.15, -0.1) is 12.4 Å². The molecule has 1 aromatic rings. The van der Waals surface area contributed by atoms with Crippen LogP contribution in [0.4, 0.5) is 0 Å². The van der Waals surface area contributed by atoms with Crippen molar-refractivity contribution in [2.45, 2.75) is 44.6 Å². The number of nitrogens with one attached hydrogen (secondary N) is 1. The van der Waals surface area contributed by atoms with E-state index in [2.05, 4.69) is 33.0 Å². The van der Waals surface area contributed by atoms with Gasteiger partial charge in [0.15, 0.2) is 0 Å². The lowest BCUT2D eigenvalue weighted by Crippen LogP contribution is -2.47. The Morgan fingerprint density at radius 3 is 2.81 bits per heavy atom. The van der Waals surface area contributed by atoms with Gasteiger partial charge in [-0.1, -0.05) is 32.1 Å². The van der Waals surface area contributed by atoms with E-state index in [1.165, 1.54) is 50.9 Å². The zero-order chi connectivity index (χ0) is 13.8. The summed E-state index contributed by atoms with van der Waals surface area (Å²) < 4.78 is 2.17. The van der Waals surface area contributed by atoms with Crippen molar-refractivity contribution >= 4 is 12.4 Å². The zero-order valence-corrected chi connectivity index (χ0v) is 13.9. The van der Waals surface area contributed by atoms with E-state index in [9.17, 15) is 0 Å². The maximum absolute atomic E-state index is 4.57. The van der Waals surface area contributed by atoms with E-state index in [1.807, 2.05) is 6.20 Å². The van der Waals surface area contributed by atoms with E-state index in [1.54, 1.807) is 0 Å². The van der Waals surface area contributed by atoms with Crippen LogP contribution in [0.15, 0.2) is 12.4 Å². The van der Waals surface area contributed by atoms with Crippen LogP contribution in [0.2, 0.25) is 0 Å². The number of aromatic nitrogens is 2. The monoisotopic (exact) mass is 312 g/mol. The number of aryl methyl sites for hydroxylation is 1. The fourth-order valence-electron chi connectivity index (χ4n) is 3.79. The lowest BCUT2D eigenvalue weighted by molar-refractivity contribution is 0.138. The summed E-state index contributed by atoms with van der Waals surface area (Å²) in [6, 6.07) is 0.451. The zero-order valence-electron chi connectivity index (χ0n) is 13.1. The van der Waals surface area contributed by atoms with Crippen LogP contribution in [0.5, 0.6) is 0 Å². The second-order valence-electron chi connectivity index (χ2n) is 6.44. The maximum Gasteiger partial charge on any atom is 0.127 e. The van der Waals surface area contributed by atoms with E-state index in [4.69, 9.17) is 0 Å². The normalized spacial score (nSPS) is 24.7. The fourth-order valence-corrected chi connectivity index (χ4v) is 3.79. The van der Waals surface area contributed by atoms with Crippen LogP contribution in [0.3, 0.4) is 0 Å². The molecule has 120 valence electrons. The molecule has 1 aliphatic carbocycles. The molecule has 1 saturated carbocycles. The molecule has 4 nitrogen and oxygen atoms in total. The number of hydrogen-bond donors (Lipinski definition) is 1. The Bertz CT molecular complexity index is 414. The SMILES string of the molecule is Cl.Cn1ccnc1C1CNCCN1CCC1CCCCC1. The molecule has 0 spiro atoms. The van der Waals surface area contributed by atoms with Crippen molar-refractivity contribution in [1.82, 2.24) is 19.8 Å². The van der Waals surface area contributed by atoms with Crippen LogP contribution in [-0.4, -0.2) is 40.6 Å². The van der Waals surface area contributed by atoms with Gasteiger partial charge in [0.05, 0.1) is 6.04 Å². The quantitative estimate of drug-likeness (QED) is 0.928. The number of imidazole rings is 1. The highest BCUT2D eigenvalue weighted by Crippen LogP contribution is 2.28. The lowest BCUT2D eigenvalue weighted by Gasteiger charge is -2.36. The minimum atomic E-state index is 0. The number of piperazine rings is 1. The van der Waals surface area contributed by atoms with Gasteiger partial charge < -0.3 is 9.88 Å². The van der Waals surface area contributed by atoms with Crippen LogP contribution >= 0.6 is 12.4 Å². The molecule has 1 atom stereocenters. The van der Waals surface area contributed by atoms with Crippen molar-refractivity contribution in [3.63, 3.8) is 0 Å². The molecule has 1 aromatic heterocycles. The highest BCUT2D eigenvalue weighted by atomic mass is 35.5. The first-order valence-corrected chi connectivity index (χ1v) is 8.26. The van der Waals surface area contributed by atoms with E-state index >= 15 is 0 Å². The first-order chi connectivity index (χ1) is 9.84. The van der Waals surface area contributed by atoms with Crippen molar-refractivity contribution in [1.29, 1.82) is 0 Å². The molecule has 2 aliphatic rings. The van der Waals surface area contributed by atoms with Gasteiger partial charge in [-0.05, 0) is 18.9 Å². The molecule has 21 heavy (non-hydrogen) atoms. The Morgan fingerprint density at radius 1 is 1.29 bits per heavy atom. The third kappa shape index (κ3) is 4.21. The molecular weight excluding hydrogens is 284 g/mol. The average Bonchev–Trinajstić information content (AvgIpc) is 2.92. The third-order valence-corrected chi connectivity index (χ3v) is 5.06. The van der Waals surface area contributed by atoms with Gasteiger partial charge in [0.1, 0.15) is 5.82 Å².